The Morgan fingerprint density at radius 1 is 1.22 bits per heavy atom. The van der Waals surface area contributed by atoms with E-state index in [1.165, 1.54) is 0 Å². The van der Waals surface area contributed by atoms with Crippen LogP contribution in [0.25, 0.3) is 0 Å². The van der Waals surface area contributed by atoms with Crippen molar-refractivity contribution in [1.29, 1.82) is 0 Å². The van der Waals surface area contributed by atoms with Gasteiger partial charge in [-0.05, 0) is 62.3 Å². The van der Waals surface area contributed by atoms with E-state index >= 15 is 0 Å². The fourth-order valence-corrected chi connectivity index (χ4v) is 6.48. The fraction of sp³-hybridized carbons (Fsp3) is 0.480. The van der Waals surface area contributed by atoms with E-state index in [-0.39, 0.29) is 12.0 Å². The van der Waals surface area contributed by atoms with Gasteiger partial charge < -0.3 is 31.5 Å². The first kappa shape index (κ1) is 25.4. The largest absolute Gasteiger partial charge is 0.510 e. The van der Waals surface area contributed by atoms with Gasteiger partial charge in [-0.15, -0.1) is 0 Å². The number of rotatable bonds is 2. The van der Waals surface area contributed by atoms with Gasteiger partial charge in [0.2, 0.25) is 5.78 Å². The number of carbonyl (C=O) groups is 3. The Hall–Kier alpha value is -3.22. The molecule has 1 aromatic carbocycles. The third-order valence-corrected chi connectivity index (χ3v) is 8.11. The summed E-state index contributed by atoms with van der Waals surface area (Å²) >= 11 is 0. The standard InChI is InChI=1S/C25H25F3N2O7/c1-8(31)15-21(34)19(29)12-6-9-5-11-17(20(33)16(9)23(36)24(12,37)22(15)35)14(32)7-10(13-3-2-4-30-13)18(11)25(26,27)28/h7,9,12-13,19,30,32,34,36-37H,2-6,29H2,1H3/t9-,12-,13?,19-,24+/m0/s1. The van der Waals surface area contributed by atoms with Crippen LogP contribution in [0.2, 0.25) is 0 Å². The number of Topliss-reactive ketones (excluding diaryl/α,β-unsaturated/α-hetero) is 3. The van der Waals surface area contributed by atoms with Gasteiger partial charge in [-0.1, -0.05) is 0 Å². The van der Waals surface area contributed by atoms with Crippen molar-refractivity contribution in [1.82, 2.24) is 5.32 Å². The van der Waals surface area contributed by atoms with Crippen molar-refractivity contribution in [2.45, 2.75) is 56.5 Å². The van der Waals surface area contributed by atoms with Gasteiger partial charge in [0.05, 0.1) is 17.2 Å². The van der Waals surface area contributed by atoms with Crippen molar-refractivity contribution >= 4 is 17.3 Å². The Balaban J connectivity index is 1.73. The van der Waals surface area contributed by atoms with E-state index in [0.29, 0.717) is 19.4 Å². The summed E-state index contributed by atoms with van der Waals surface area (Å²) in [5, 5.41) is 46.5. The second kappa shape index (κ2) is 8.14. The molecule has 1 saturated heterocycles. The maximum Gasteiger partial charge on any atom is 0.417 e. The fourth-order valence-electron chi connectivity index (χ4n) is 6.48. The number of phenols is 1. The number of nitrogens with two attached hydrogens (primary N) is 1. The minimum atomic E-state index is -4.87. The van der Waals surface area contributed by atoms with Gasteiger partial charge >= 0.3 is 6.18 Å². The Morgan fingerprint density at radius 3 is 2.46 bits per heavy atom. The van der Waals surface area contributed by atoms with Crippen LogP contribution >= 0.6 is 0 Å². The minimum absolute atomic E-state index is 0.186. The molecule has 0 bridgehead atoms. The van der Waals surface area contributed by atoms with Crippen molar-refractivity contribution in [3.8, 4) is 5.75 Å². The smallest absolute Gasteiger partial charge is 0.417 e. The number of aromatic hydroxyl groups is 1. The predicted molar refractivity (Wildman–Crippen MR) is 121 cm³/mol. The summed E-state index contributed by atoms with van der Waals surface area (Å²) in [7, 11) is 0. The lowest BCUT2D eigenvalue weighted by Crippen LogP contribution is -2.62. The molecule has 0 saturated carbocycles. The molecule has 12 heteroatoms. The second-order valence-electron chi connectivity index (χ2n) is 10.1. The number of halogens is 3. The number of hydrogen-bond acceptors (Lipinski definition) is 9. The van der Waals surface area contributed by atoms with Crippen LogP contribution in [0, 0.1) is 11.8 Å². The lowest BCUT2D eigenvalue weighted by Gasteiger charge is -2.48. The molecule has 1 heterocycles. The molecule has 37 heavy (non-hydrogen) atoms. The van der Waals surface area contributed by atoms with Crippen LogP contribution in [0.4, 0.5) is 13.2 Å². The first-order valence-electron chi connectivity index (χ1n) is 11.9. The van der Waals surface area contributed by atoms with E-state index in [0.717, 1.165) is 13.0 Å². The molecule has 3 aliphatic carbocycles. The summed E-state index contributed by atoms with van der Waals surface area (Å²) in [6, 6.07) is -1.29. The minimum Gasteiger partial charge on any atom is -0.510 e. The second-order valence-corrected chi connectivity index (χ2v) is 10.1. The maximum absolute atomic E-state index is 14.4. The molecule has 5 atom stereocenters. The Bertz CT molecular complexity index is 1330. The molecule has 1 unspecified atom stereocenters. The van der Waals surface area contributed by atoms with Crippen molar-refractivity contribution < 1.29 is 48.0 Å². The molecule has 9 nitrogen and oxygen atoms in total. The number of aliphatic hydroxyl groups excluding tert-OH is 2. The van der Waals surface area contributed by atoms with Crippen LogP contribution in [-0.2, 0) is 22.2 Å². The van der Waals surface area contributed by atoms with Crippen molar-refractivity contribution in [2.75, 3.05) is 6.54 Å². The van der Waals surface area contributed by atoms with E-state index in [1.54, 1.807) is 0 Å². The Labute approximate surface area is 208 Å². The number of alkyl halides is 3. The van der Waals surface area contributed by atoms with E-state index in [2.05, 4.69) is 5.32 Å². The number of carbonyl (C=O) groups excluding carboxylic acids is 3. The summed E-state index contributed by atoms with van der Waals surface area (Å²) in [5.41, 5.74) is -0.484. The Morgan fingerprint density at radius 2 is 1.89 bits per heavy atom. The zero-order chi connectivity index (χ0) is 27.2. The number of benzene rings is 1. The molecular weight excluding hydrogens is 497 g/mol. The van der Waals surface area contributed by atoms with E-state index in [9.17, 15) is 48.0 Å². The quantitative estimate of drug-likeness (QED) is 0.318. The van der Waals surface area contributed by atoms with Gasteiger partial charge in [0.25, 0.3) is 0 Å². The highest BCUT2D eigenvalue weighted by Crippen LogP contribution is 2.53. The van der Waals surface area contributed by atoms with E-state index in [1.807, 2.05) is 0 Å². The first-order chi connectivity index (χ1) is 17.2. The molecular formula is C25H25F3N2O7. The number of ketones is 3. The SMILES string of the molecule is CC(=O)C1=C(O)[C@@H](N)[C@@H]2C[C@@H]3Cc4c(c(O)cc(C5CCCN5)c4C(F)(F)F)C(=O)C3=C(O)[C@]2(O)C1=O. The molecule has 0 aromatic heterocycles. The monoisotopic (exact) mass is 522 g/mol. The summed E-state index contributed by atoms with van der Waals surface area (Å²) in [6.45, 7) is 1.44. The molecule has 0 spiro atoms. The zero-order valence-electron chi connectivity index (χ0n) is 19.6. The van der Waals surface area contributed by atoms with E-state index < -0.39 is 105 Å². The van der Waals surface area contributed by atoms with Gasteiger partial charge in [0.15, 0.2) is 17.2 Å². The highest BCUT2D eigenvalue weighted by Gasteiger charge is 2.62. The molecule has 7 N–H and O–H groups in total. The number of allylic oxidation sites excluding steroid dienone is 1. The van der Waals surface area contributed by atoms with Crippen LogP contribution in [0.5, 0.6) is 5.75 Å². The number of fused-ring (bicyclic) bond motifs is 3. The molecule has 0 amide bonds. The Kier molecular flexibility index (Phi) is 5.59. The number of aliphatic hydroxyl groups is 3. The molecule has 0 radical (unpaired) electrons. The molecule has 5 rings (SSSR count). The van der Waals surface area contributed by atoms with Gasteiger partial charge in [0, 0.05) is 17.5 Å². The molecule has 1 fully saturated rings. The topological polar surface area (TPSA) is 170 Å². The summed E-state index contributed by atoms with van der Waals surface area (Å²) in [6.07, 6.45) is -4.62. The van der Waals surface area contributed by atoms with Crippen LogP contribution in [-0.4, -0.2) is 56.0 Å². The maximum atomic E-state index is 14.4. The summed E-state index contributed by atoms with van der Waals surface area (Å²) in [5.74, 6) is -8.61. The molecule has 1 aliphatic heterocycles. The third-order valence-electron chi connectivity index (χ3n) is 8.11. The van der Waals surface area contributed by atoms with Crippen molar-refractivity contribution in [3.63, 3.8) is 0 Å². The lowest BCUT2D eigenvalue weighted by molar-refractivity contribution is -0.145. The number of phenolic OH excluding ortho intramolecular Hbond substituents is 1. The van der Waals surface area contributed by atoms with Gasteiger partial charge in [0.1, 0.15) is 22.8 Å². The zero-order valence-corrected chi connectivity index (χ0v) is 19.6. The summed E-state index contributed by atoms with van der Waals surface area (Å²) in [4.78, 5) is 38.6. The van der Waals surface area contributed by atoms with Crippen LogP contribution < -0.4 is 11.1 Å². The average Bonchev–Trinajstić information content (AvgIpc) is 3.33. The highest BCUT2D eigenvalue weighted by atomic mass is 19.4. The average molecular weight is 522 g/mol. The normalized spacial score (nSPS) is 31.8. The lowest BCUT2D eigenvalue weighted by atomic mass is 9.58. The highest BCUT2D eigenvalue weighted by molar-refractivity contribution is 6.25. The van der Waals surface area contributed by atoms with E-state index in [4.69, 9.17) is 5.73 Å². The number of nitrogens with one attached hydrogen (secondary N) is 1. The van der Waals surface area contributed by atoms with Crippen LogP contribution in [0.15, 0.2) is 28.7 Å². The van der Waals surface area contributed by atoms with Gasteiger partial charge in [-0.25, -0.2) is 0 Å². The molecule has 4 aliphatic rings. The first-order valence-corrected chi connectivity index (χ1v) is 11.9. The van der Waals surface area contributed by atoms with Crippen molar-refractivity contribution in [2.24, 2.45) is 17.6 Å². The predicted octanol–water partition coefficient (Wildman–Crippen LogP) is 2.06. The van der Waals surface area contributed by atoms with Crippen molar-refractivity contribution in [3.05, 3.63) is 51.0 Å². The van der Waals surface area contributed by atoms with Gasteiger partial charge in [-0.3, -0.25) is 14.4 Å². The molecule has 1 aromatic rings. The van der Waals surface area contributed by atoms with Crippen LogP contribution in [0.1, 0.15) is 59.3 Å². The number of hydrogen-bond donors (Lipinski definition) is 6. The third kappa shape index (κ3) is 3.39. The van der Waals surface area contributed by atoms with Crippen LogP contribution in [0.3, 0.4) is 0 Å². The van der Waals surface area contributed by atoms with Gasteiger partial charge in [-0.2, -0.15) is 13.2 Å². The summed E-state index contributed by atoms with van der Waals surface area (Å²) < 4.78 is 43.2. The molecule has 198 valence electrons.